The Kier molecular flexibility index (Phi) is 5.44. The maximum atomic E-state index is 12.4. The molecule has 2 heterocycles. The Hall–Kier alpha value is -3.00. The average Bonchev–Trinajstić information content (AvgIpc) is 3.18. The van der Waals surface area contributed by atoms with Gasteiger partial charge in [-0.25, -0.2) is 0 Å². The van der Waals surface area contributed by atoms with Crippen LogP contribution in [-0.2, 0) is 4.79 Å². The summed E-state index contributed by atoms with van der Waals surface area (Å²) < 4.78 is 17.2. The van der Waals surface area contributed by atoms with Crippen molar-refractivity contribution in [2.24, 2.45) is 0 Å². The van der Waals surface area contributed by atoms with Crippen molar-refractivity contribution in [2.75, 3.05) is 17.7 Å². The molecule has 0 radical (unpaired) electrons. The number of nitrogens with one attached hydrogen (secondary N) is 1. The van der Waals surface area contributed by atoms with Crippen LogP contribution in [-0.4, -0.2) is 28.5 Å². The third-order valence-corrected chi connectivity index (χ3v) is 5.29. The highest BCUT2D eigenvalue weighted by molar-refractivity contribution is 7.99. The molecule has 8 heteroatoms. The van der Waals surface area contributed by atoms with E-state index < -0.39 is 6.10 Å². The van der Waals surface area contributed by atoms with Gasteiger partial charge in [-0.15, -0.1) is 10.2 Å². The number of ether oxygens (including phenoxy) is 2. The molecule has 0 aliphatic carbocycles. The summed E-state index contributed by atoms with van der Waals surface area (Å²) in [5.41, 5.74) is 4.09. The fraction of sp³-hybridized carbons (Fsp3) is 0.286. The van der Waals surface area contributed by atoms with Crippen molar-refractivity contribution in [1.82, 2.24) is 10.2 Å². The van der Waals surface area contributed by atoms with Gasteiger partial charge < -0.3 is 19.2 Å². The minimum absolute atomic E-state index is 0.129. The first kappa shape index (κ1) is 19.3. The second kappa shape index (κ2) is 8.16. The summed E-state index contributed by atoms with van der Waals surface area (Å²) in [4.78, 5) is 12.4. The molecular weight excluding hydrogens is 390 g/mol. The number of amides is 1. The number of nitrogens with zero attached hydrogens (tertiary/aromatic N) is 2. The van der Waals surface area contributed by atoms with Crippen LogP contribution in [0.2, 0.25) is 0 Å². The number of carbonyl (C=O) groups excluding carboxylic acids is 1. The Balaban J connectivity index is 1.35. The Bertz CT molecular complexity index is 1030. The summed E-state index contributed by atoms with van der Waals surface area (Å²) >= 11 is 1.18. The van der Waals surface area contributed by atoms with Crippen LogP contribution in [0.25, 0.3) is 0 Å². The minimum Gasteiger partial charge on any atom is -0.485 e. The number of aryl methyl sites for hydroxylation is 3. The molecule has 0 saturated carbocycles. The first-order chi connectivity index (χ1) is 14.0. The zero-order valence-electron chi connectivity index (χ0n) is 16.4. The first-order valence-electron chi connectivity index (χ1n) is 9.22. The van der Waals surface area contributed by atoms with Crippen molar-refractivity contribution in [3.63, 3.8) is 0 Å². The van der Waals surface area contributed by atoms with Crippen molar-refractivity contribution < 1.29 is 18.7 Å². The Morgan fingerprint density at radius 2 is 1.86 bits per heavy atom. The van der Waals surface area contributed by atoms with Gasteiger partial charge in [0.15, 0.2) is 11.5 Å². The van der Waals surface area contributed by atoms with E-state index in [1.165, 1.54) is 17.3 Å². The normalized spacial score (nSPS) is 15.2. The molecule has 1 amide bonds. The summed E-state index contributed by atoms with van der Waals surface area (Å²) in [5, 5.41) is 11.3. The van der Waals surface area contributed by atoms with E-state index in [4.69, 9.17) is 13.9 Å². The summed E-state index contributed by atoms with van der Waals surface area (Å²) in [5.74, 6) is 1.69. The standard InChI is InChI=1S/C21H21N3O4S/c1-12-8-13(2)19(14(3)9-12)22-18(25)11-29-21-24-23-20(28-21)17-10-26-15-6-4-5-7-16(15)27-17/h4-9,17H,10-11H2,1-3H3,(H,22,25)/t17-/m1/s1. The smallest absolute Gasteiger partial charge is 0.277 e. The van der Waals surface area contributed by atoms with Gasteiger partial charge in [-0.3, -0.25) is 4.79 Å². The molecule has 3 aromatic rings. The molecule has 0 saturated heterocycles. The lowest BCUT2D eigenvalue weighted by Crippen LogP contribution is -2.21. The van der Waals surface area contributed by atoms with E-state index >= 15 is 0 Å². The number of anilines is 1. The van der Waals surface area contributed by atoms with E-state index in [9.17, 15) is 4.79 Å². The predicted octanol–water partition coefficient (Wildman–Crippen LogP) is 4.24. The third kappa shape index (κ3) is 4.37. The van der Waals surface area contributed by atoms with Gasteiger partial charge in [0.25, 0.3) is 11.1 Å². The minimum atomic E-state index is -0.474. The fourth-order valence-electron chi connectivity index (χ4n) is 3.23. The average molecular weight is 411 g/mol. The van der Waals surface area contributed by atoms with E-state index in [0.717, 1.165) is 16.8 Å². The van der Waals surface area contributed by atoms with Gasteiger partial charge in [-0.1, -0.05) is 41.6 Å². The molecular formula is C21H21N3O4S. The highest BCUT2D eigenvalue weighted by Gasteiger charge is 2.27. The second-order valence-electron chi connectivity index (χ2n) is 6.88. The number of para-hydroxylation sites is 2. The molecule has 150 valence electrons. The van der Waals surface area contributed by atoms with E-state index in [2.05, 4.69) is 15.5 Å². The largest absolute Gasteiger partial charge is 0.485 e. The van der Waals surface area contributed by atoms with Gasteiger partial charge in [-0.05, 0) is 44.0 Å². The number of carbonyl (C=O) groups is 1. The first-order valence-corrected chi connectivity index (χ1v) is 10.2. The molecule has 1 aliphatic rings. The highest BCUT2D eigenvalue weighted by Crippen LogP contribution is 2.36. The molecule has 1 N–H and O–H groups in total. The molecule has 7 nitrogen and oxygen atoms in total. The van der Waals surface area contributed by atoms with Crippen molar-refractivity contribution in [2.45, 2.75) is 32.1 Å². The maximum absolute atomic E-state index is 12.4. The molecule has 0 unspecified atom stereocenters. The molecule has 4 rings (SSSR count). The summed E-state index contributed by atoms with van der Waals surface area (Å²) in [7, 11) is 0. The van der Waals surface area contributed by atoms with Gasteiger partial charge in [-0.2, -0.15) is 0 Å². The molecule has 29 heavy (non-hydrogen) atoms. The lowest BCUT2D eigenvalue weighted by Gasteiger charge is -2.23. The number of thioether (sulfide) groups is 1. The molecule has 0 fully saturated rings. The van der Waals surface area contributed by atoms with Gasteiger partial charge in [0.1, 0.15) is 6.61 Å². The molecule has 0 bridgehead atoms. The summed E-state index contributed by atoms with van der Waals surface area (Å²) in [6, 6.07) is 11.5. The van der Waals surface area contributed by atoms with E-state index in [-0.39, 0.29) is 18.3 Å². The van der Waals surface area contributed by atoms with Gasteiger partial charge >= 0.3 is 0 Å². The van der Waals surface area contributed by atoms with E-state index in [1.54, 1.807) is 0 Å². The van der Waals surface area contributed by atoms with Crippen LogP contribution in [0.5, 0.6) is 11.5 Å². The van der Waals surface area contributed by atoms with Crippen molar-refractivity contribution in [3.8, 4) is 11.5 Å². The van der Waals surface area contributed by atoms with Crippen LogP contribution >= 0.6 is 11.8 Å². The summed E-state index contributed by atoms with van der Waals surface area (Å²) in [6.45, 7) is 6.29. The van der Waals surface area contributed by atoms with Gasteiger partial charge in [0.05, 0.1) is 5.75 Å². The van der Waals surface area contributed by atoms with Crippen LogP contribution < -0.4 is 14.8 Å². The number of rotatable bonds is 5. The second-order valence-corrected chi connectivity index (χ2v) is 7.81. The van der Waals surface area contributed by atoms with E-state index in [0.29, 0.717) is 22.6 Å². The van der Waals surface area contributed by atoms with Crippen molar-refractivity contribution in [1.29, 1.82) is 0 Å². The van der Waals surface area contributed by atoms with Gasteiger partial charge in [0.2, 0.25) is 12.0 Å². The number of hydrogen-bond donors (Lipinski definition) is 1. The van der Waals surface area contributed by atoms with Crippen LogP contribution in [0, 0.1) is 20.8 Å². The molecule has 2 aromatic carbocycles. The number of benzene rings is 2. The molecule has 1 aromatic heterocycles. The number of hydrogen-bond acceptors (Lipinski definition) is 7. The Labute approximate surface area is 172 Å². The lowest BCUT2D eigenvalue weighted by molar-refractivity contribution is -0.113. The number of fused-ring (bicyclic) bond motifs is 1. The molecule has 1 aliphatic heterocycles. The summed E-state index contributed by atoms with van der Waals surface area (Å²) in [6.07, 6.45) is -0.474. The lowest BCUT2D eigenvalue weighted by atomic mass is 10.1. The quantitative estimate of drug-likeness (QED) is 0.629. The molecule has 1 atom stereocenters. The van der Waals surface area contributed by atoms with Crippen LogP contribution in [0.3, 0.4) is 0 Å². The van der Waals surface area contributed by atoms with Crippen LogP contribution in [0.4, 0.5) is 5.69 Å². The Morgan fingerprint density at radius 1 is 1.14 bits per heavy atom. The maximum Gasteiger partial charge on any atom is 0.277 e. The SMILES string of the molecule is Cc1cc(C)c(NC(=O)CSc2nnc([C@H]3COc4ccccc4O3)o2)c(C)c1. The van der Waals surface area contributed by atoms with Crippen molar-refractivity contribution >= 4 is 23.4 Å². The monoisotopic (exact) mass is 411 g/mol. The van der Waals surface area contributed by atoms with Crippen LogP contribution in [0.1, 0.15) is 28.7 Å². The third-order valence-electron chi connectivity index (χ3n) is 4.47. The fourth-order valence-corrected chi connectivity index (χ4v) is 3.80. The zero-order valence-corrected chi connectivity index (χ0v) is 17.2. The molecule has 0 spiro atoms. The zero-order chi connectivity index (χ0) is 20.4. The topological polar surface area (TPSA) is 86.5 Å². The predicted molar refractivity (Wildman–Crippen MR) is 110 cm³/mol. The Morgan fingerprint density at radius 3 is 2.62 bits per heavy atom. The van der Waals surface area contributed by atoms with Crippen LogP contribution in [0.15, 0.2) is 46.0 Å². The van der Waals surface area contributed by atoms with Gasteiger partial charge in [0, 0.05) is 5.69 Å². The van der Waals surface area contributed by atoms with E-state index in [1.807, 2.05) is 57.2 Å². The highest BCUT2D eigenvalue weighted by atomic mass is 32.2. The number of aromatic nitrogens is 2. The van der Waals surface area contributed by atoms with Crippen molar-refractivity contribution in [3.05, 3.63) is 59.0 Å².